The van der Waals surface area contributed by atoms with Crippen LogP contribution in [0.25, 0.3) is 17.2 Å². The van der Waals surface area contributed by atoms with Crippen LogP contribution in [0.5, 0.6) is 0 Å². The third-order valence-electron chi connectivity index (χ3n) is 3.02. The third-order valence-corrected chi connectivity index (χ3v) is 3.02. The van der Waals surface area contributed by atoms with Crippen molar-refractivity contribution in [3.05, 3.63) is 36.2 Å². The number of amides is 1. The molecular formula is C15H18N2O3. The molecule has 1 aromatic heterocycles. The molecule has 1 atom stereocenters. The van der Waals surface area contributed by atoms with E-state index >= 15 is 0 Å². The number of carbonyl (C=O) groups excluding carboxylic acids is 1. The van der Waals surface area contributed by atoms with E-state index in [-0.39, 0.29) is 24.5 Å². The van der Waals surface area contributed by atoms with E-state index in [2.05, 4.69) is 10.3 Å². The van der Waals surface area contributed by atoms with E-state index < -0.39 is 0 Å². The van der Waals surface area contributed by atoms with Crippen LogP contribution in [-0.2, 0) is 4.79 Å². The monoisotopic (exact) mass is 274 g/mol. The van der Waals surface area contributed by atoms with Crippen LogP contribution < -0.4 is 5.32 Å². The number of aliphatic hydroxyl groups is 1. The second-order valence-corrected chi connectivity index (χ2v) is 4.89. The SMILES string of the molecule is CC(C)C(CO)NC(=O)C=Cc1nc2ccccc2o1. The summed E-state index contributed by atoms with van der Waals surface area (Å²) in [6, 6.07) is 7.15. The lowest BCUT2D eigenvalue weighted by atomic mass is 10.1. The molecule has 5 nitrogen and oxygen atoms in total. The highest BCUT2D eigenvalue weighted by atomic mass is 16.3. The van der Waals surface area contributed by atoms with E-state index in [1.165, 1.54) is 12.2 Å². The zero-order chi connectivity index (χ0) is 14.5. The topological polar surface area (TPSA) is 75.4 Å². The number of rotatable bonds is 5. The Morgan fingerprint density at radius 3 is 2.85 bits per heavy atom. The van der Waals surface area contributed by atoms with Gasteiger partial charge in [-0.2, -0.15) is 0 Å². The molecule has 0 aliphatic heterocycles. The number of carbonyl (C=O) groups is 1. The van der Waals surface area contributed by atoms with Gasteiger partial charge in [0.05, 0.1) is 12.6 Å². The molecule has 2 rings (SSSR count). The third kappa shape index (κ3) is 3.45. The Morgan fingerprint density at radius 1 is 1.45 bits per heavy atom. The van der Waals surface area contributed by atoms with Gasteiger partial charge < -0.3 is 14.8 Å². The minimum atomic E-state index is -0.278. The minimum absolute atomic E-state index is 0.0832. The van der Waals surface area contributed by atoms with E-state index in [1.807, 2.05) is 38.1 Å². The quantitative estimate of drug-likeness (QED) is 0.817. The molecule has 1 unspecified atom stereocenters. The molecule has 2 aromatic rings. The average Bonchev–Trinajstić information content (AvgIpc) is 2.85. The summed E-state index contributed by atoms with van der Waals surface area (Å²) in [5, 5.41) is 11.9. The number of hydrogen-bond acceptors (Lipinski definition) is 4. The summed E-state index contributed by atoms with van der Waals surface area (Å²) in [6.07, 6.45) is 2.87. The molecule has 2 N–H and O–H groups in total. The molecule has 1 aromatic carbocycles. The first kappa shape index (κ1) is 14.3. The first-order valence-electron chi connectivity index (χ1n) is 6.55. The van der Waals surface area contributed by atoms with Gasteiger partial charge >= 0.3 is 0 Å². The fourth-order valence-electron chi connectivity index (χ4n) is 1.76. The number of nitrogens with one attached hydrogen (secondary N) is 1. The van der Waals surface area contributed by atoms with Gasteiger partial charge in [0, 0.05) is 12.2 Å². The zero-order valence-corrected chi connectivity index (χ0v) is 11.5. The van der Waals surface area contributed by atoms with Crippen LogP contribution in [0.1, 0.15) is 19.7 Å². The Labute approximate surface area is 117 Å². The largest absolute Gasteiger partial charge is 0.437 e. The Morgan fingerprint density at radius 2 is 2.20 bits per heavy atom. The standard InChI is InChI=1S/C15H18N2O3/c1-10(2)12(9-18)16-14(19)7-8-15-17-11-5-3-4-6-13(11)20-15/h3-8,10,12,18H,9H2,1-2H3,(H,16,19). The first-order chi connectivity index (χ1) is 9.60. The normalized spacial score (nSPS) is 13.2. The van der Waals surface area contributed by atoms with Gasteiger partial charge in [-0.15, -0.1) is 0 Å². The van der Waals surface area contributed by atoms with E-state index in [1.54, 1.807) is 0 Å². The second kappa shape index (κ2) is 6.34. The minimum Gasteiger partial charge on any atom is -0.437 e. The number of benzene rings is 1. The summed E-state index contributed by atoms with van der Waals surface area (Å²) in [5.41, 5.74) is 1.44. The first-order valence-corrected chi connectivity index (χ1v) is 6.55. The van der Waals surface area contributed by atoms with Crippen LogP contribution >= 0.6 is 0 Å². The number of nitrogens with zero attached hydrogens (tertiary/aromatic N) is 1. The van der Waals surface area contributed by atoms with Crippen molar-refractivity contribution in [2.24, 2.45) is 5.92 Å². The summed E-state index contributed by atoms with van der Waals surface area (Å²) >= 11 is 0. The van der Waals surface area contributed by atoms with E-state index in [9.17, 15) is 4.79 Å². The van der Waals surface area contributed by atoms with Crippen LogP contribution in [0.4, 0.5) is 0 Å². The van der Waals surface area contributed by atoms with Crippen LogP contribution in [-0.4, -0.2) is 28.6 Å². The second-order valence-electron chi connectivity index (χ2n) is 4.89. The number of hydrogen-bond donors (Lipinski definition) is 2. The predicted molar refractivity (Wildman–Crippen MR) is 76.9 cm³/mol. The molecule has 0 fully saturated rings. The Balaban J connectivity index is 2.03. The smallest absolute Gasteiger partial charge is 0.244 e. The predicted octanol–water partition coefficient (Wildman–Crippen LogP) is 1.97. The molecular weight excluding hydrogens is 256 g/mol. The maximum Gasteiger partial charge on any atom is 0.244 e. The van der Waals surface area contributed by atoms with Gasteiger partial charge in [-0.1, -0.05) is 26.0 Å². The van der Waals surface area contributed by atoms with Crippen LogP contribution in [0.2, 0.25) is 0 Å². The fraction of sp³-hybridized carbons (Fsp3) is 0.333. The van der Waals surface area contributed by atoms with Crippen molar-refractivity contribution in [2.75, 3.05) is 6.61 Å². The van der Waals surface area contributed by atoms with Crippen molar-refractivity contribution in [2.45, 2.75) is 19.9 Å². The van der Waals surface area contributed by atoms with E-state index in [4.69, 9.17) is 9.52 Å². The van der Waals surface area contributed by atoms with Gasteiger partial charge in [0.15, 0.2) is 5.58 Å². The summed E-state index contributed by atoms with van der Waals surface area (Å²) in [6.45, 7) is 3.79. The number of oxazole rings is 1. The van der Waals surface area contributed by atoms with E-state index in [0.29, 0.717) is 11.5 Å². The average molecular weight is 274 g/mol. The van der Waals surface area contributed by atoms with Crippen molar-refractivity contribution in [3.8, 4) is 0 Å². The molecule has 20 heavy (non-hydrogen) atoms. The maximum absolute atomic E-state index is 11.7. The highest BCUT2D eigenvalue weighted by Gasteiger charge is 2.13. The molecule has 0 saturated heterocycles. The van der Waals surface area contributed by atoms with Crippen LogP contribution in [0.3, 0.4) is 0 Å². The van der Waals surface area contributed by atoms with E-state index in [0.717, 1.165) is 5.52 Å². The lowest BCUT2D eigenvalue weighted by Crippen LogP contribution is -2.40. The number of para-hydroxylation sites is 2. The Kier molecular flexibility index (Phi) is 4.53. The van der Waals surface area contributed by atoms with Gasteiger partial charge in [-0.05, 0) is 18.1 Å². The highest BCUT2D eigenvalue weighted by Crippen LogP contribution is 2.15. The number of aliphatic hydroxyl groups excluding tert-OH is 1. The molecule has 0 spiro atoms. The van der Waals surface area contributed by atoms with Crippen molar-refractivity contribution in [3.63, 3.8) is 0 Å². The van der Waals surface area contributed by atoms with Crippen molar-refractivity contribution < 1.29 is 14.3 Å². The van der Waals surface area contributed by atoms with Crippen molar-refractivity contribution in [1.82, 2.24) is 10.3 Å². The summed E-state index contributed by atoms with van der Waals surface area (Å²) in [7, 11) is 0. The van der Waals surface area contributed by atoms with Crippen molar-refractivity contribution >= 4 is 23.1 Å². The summed E-state index contributed by atoms with van der Waals surface area (Å²) in [5.74, 6) is 0.271. The van der Waals surface area contributed by atoms with Gasteiger partial charge in [-0.3, -0.25) is 4.79 Å². The molecule has 5 heteroatoms. The van der Waals surface area contributed by atoms with Crippen LogP contribution in [0, 0.1) is 5.92 Å². The Bertz CT molecular complexity index is 583. The molecule has 0 saturated carbocycles. The van der Waals surface area contributed by atoms with Gasteiger partial charge in [0.2, 0.25) is 11.8 Å². The van der Waals surface area contributed by atoms with Crippen molar-refractivity contribution in [1.29, 1.82) is 0 Å². The lowest BCUT2D eigenvalue weighted by Gasteiger charge is -2.18. The van der Waals surface area contributed by atoms with Crippen LogP contribution in [0.15, 0.2) is 34.8 Å². The molecule has 0 bridgehead atoms. The molecule has 106 valence electrons. The fourth-order valence-corrected chi connectivity index (χ4v) is 1.76. The molecule has 0 radical (unpaired) electrons. The van der Waals surface area contributed by atoms with Gasteiger partial charge in [0.1, 0.15) is 5.52 Å². The molecule has 0 aliphatic carbocycles. The molecule has 1 amide bonds. The lowest BCUT2D eigenvalue weighted by molar-refractivity contribution is -0.117. The molecule has 0 aliphatic rings. The summed E-state index contributed by atoms with van der Waals surface area (Å²) < 4.78 is 5.47. The van der Waals surface area contributed by atoms with Gasteiger partial charge in [-0.25, -0.2) is 4.98 Å². The zero-order valence-electron chi connectivity index (χ0n) is 11.5. The Hall–Kier alpha value is -2.14. The van der Waals surface area contributed by atoms with Gasteiger partial charge in [0.25, 0.3) is 0 Å². The molecule has 1 heterocycles. The maximum atomic E-state index is 11.7. The number of aromatic nitrogens is 1. The highest BCUT2D eigenvalue weighted by molar-refractivity contribution is 5.91. The summed E-state index contributed by atoms with van der Waals surface area (Å²) in [4.78, 5) is 16.0. The number of fused-ring (bicyclic) bond motifs is 1.